The van der Waals surface area contributed by atoms with E-state index >= 15 is 0 Å². The van der Waals surface area contributed by atoms with Gasteiger partial charge in [-0.05, 0) is 38.1 Å². The molecule has 0 aromatic heterocycles. The third-order valence-corrected chi connectivity index (χ3v) is 4.32. The Morgan fingerprint density at radius 3 is 2.38 bits per heavy atom. The summed E-state index contributed by atoms with van der Waals surface area (Å²) in [5, 5.41) is 9.77. The zero-order valence-electron chi connectivity index (χ0n) is 15.0. The van der Waals surface area contributed by atoms with Gasteiger partial charge in [0, 0.05) is 26.2 Å². The number of hydrogen-bond donors (Lipinski definition) is 1. The SMILES string of the molecule is CCN1CCN(C(C(=O)O)c2ccc(OC)c(OC(C)C)c2)CC1. The summed E-state index contributed by atoms with van der Waals surface area (Å²) in [4.78, 5) is 16.3. The molecule has 1 aromatic carbocycles. The second-order valence-corrected chi connectivity index (χ2v) is 6.29. The summed E-state index contributed by atoms with van der Waals surface area (Å²) in [5.74, 6) is 0.372. The third kappa shape index (κ3) is 4.39. The van der Waals surface area contributed by atoms with Crippen LogP contribution in [-0.4, -0.2) is 66.8 Å². The van der Waals surface area contributed by atoms with Crippen molar-refractivity contribution in [2.45, 2.75) is 32.9 Å². The van der Waals surface area contributed by atoms with Crippen molar-refractivity contribution in [3.8, 4) is 11.5 Å². The molecule has 1 aromatic rings. The van der Waals surface area contributed by atoms with E-state index in [1.165, 1.54) is 0 Å². The molecule has 0 aliphatic carbocycles. The quantitative estimate of drug-likeness (QED) is 0.824. The van der Waals surface area contributed by atoms with Crippen molar-refractivity contribution in [3.63, 3.8) is 0 Å². The molecule has 0 radical (unpaired) electrons. The van der Waals surface area contributed by atoms with E-state index in [9.17, 15) is 9.90 Å². The van der Waals surface area contributed by atoms with Gasteiger partial charge in [0.05, 0.1) is 13.2 Å². The molecule has 2 rings (SSSR count). The van der Waals surface area contributed by atoms with Crippen LogP contribution in [-0.2, 0) is 4.79 Å². The Hall–Kier alpha value is -1.79. The van der Waals surface area contributed by atoms with Gasteiger partial charge in [0.2, 0.25) is 0 Å². The molecule has 24 heavy (non-hydrogen) atoms. The topological polar surface area (TPSA) is 62.2 Å². The Morgan fingerprint density at radius 1 is 1.21 bits per heavy atom. The summed E-state index contributed by atoms with van der Waals surface area (Å²) in [6.07, 6.45) is -0.00877. The minimum absolute atomic E-state index is 0.00877. The van der Waals surface area contributed by atoms with Gasteiger partial charge in [0.15, 0.2) is 11.5 Å². The molecule has 0 amide bonds. The second kappa shape index (κ2) is 8.35. The van der Waals surface area contributed by atoms with Crippen molar-refractivity contribution in [1.82, 2.24) is 9.80 Å². The first-order chi connectivity index (χ1) is 11.5. The number of aliphatic carboxylic acids is 1. The van der Waals surface area contributed by atoms with E-state index in [1.54, 1.807) is 19.2 Å². The molecule has 134 valence electrons. The van der Waals surface area contributed by atoms with Crippen LogP contribution in [0.15, 0.2) is 18.2 Å². The standard InChI is InChI=1S/C18H28N2O4/c1-5-19-8-10-20(11-9-19)17(18(21)22)14-6-7-15(23-4)16(12-14)24-13(2)3/h6-7,12-13,17H,5,8-11H2,1-4H3,(H,21,22). The Kier molecular flexibility index (Phi) is 6.45. The summed E-state index contributed by atoms with van der Waals surface area (Å²) >= 11 is 0. The maximum atomic E-state index is 11.9. The normalized spacial score (nSPS) is 17.7. The van der Waals surface area contributed by atoms with E-state index in [1.807, 2.05) is 24.8 Å². The van der Waals surface area contributed by atoms with E-state index < -0.39 is 12.0 Å². The van der Waals surface area contributed by atoms with Gasteiger partial charge in [-0.15, -0.1) is 0 Å². The van der Waals surface area contributed by atoms with Gasteiger partial charge >= 0.3 is 5.97 Å². The number of piperazine rings is 1. The van der Waals surface area contributed by atoms with Crippen molar-refractivity contribution < 1.29 is 19.4 Å². The number of methoxy groups -OCH3 is 1. The minimum Gasteiger partial charge on any atom is -0.493 e. The number of benzene rings is 1. The average Bonchev–Trinajstić information content (AvgIpc) is 2.55. The molecule has 1 unspecified atom stereocenters. The third-order valence-electron chi connectivity index (χ3n) is 4.32. The van der Waals surface area contributed by atoms with Crippen molar-refractivity contribution in [3.05, 3.63) is 23.8 Å². The zero-order valence-corrected chi connectivity index (χ0v) is 15.0. The number of rotatable bonds is 7. The van der Waals surface area contributed by atoms with Crippen LogP contribution in [0.4, 0.5) is 0 Å². The number of hydrogen-bond acceptors (Lipinski definition) is 5. The lowest BCUT2D eigenvalue weighted by molar-refractivity contribution is -0.144. The molecule has 1 aliphatic heterocycles. The monoisotopic (exact) mass is 336 g/mol. The minimum atomic E-state index is -0.833. The van der Waals surface area contributed by atoms with Gasteiger partial charge in [0.25, 0.3) is 0 Å². The van der Waals surface area contributed by atoms with Gasteiger partial charge in [-0.25, -0.2) is 0 Å². The predicted octanol–water partition coefficient (Wildman–Crippen LogP) is 2.25. The highest BCUT2D eigenvalue weighted by atomic mass is 16.5. The lowest BCUT2D eigenvalue weighted by Gasteiger charge is -2.37. The second-order valence-electron chi connectivity index (χ2n) is 6.29. The van der Waals surface area contributed by atoms with Crippen molar-refractivity contribution in [2.75, 3.05) is 39.8 Å². The molecular formula is C18H28N2O4. The first-order valence-corrected chi connectivity index (χ1v) is 8.50. The fraction of sp³-hybridized carbons (Fsp3) is 0.611. The zero-order chi connectivity index (χ0) is 17.7. The van der Waals surface area contributed by atoms with Gasteiger partial charge in [-0.3, -0.25) is 9.69 Å². The van der Waals surface area contributed by atoms with Crippen LogP contribution in [0, 0.1) is 0 Å². The highest BCUT2D eigenvalue weighted by Crippen LogP contribution is 2.33. The summed E-state index contributed by atoms with van der Waals surface area (Å²) < 4.78 is 11.1. The largest absolute Gasteiger partial charge is 0.493 e. The van der Waals surface area contributed by atoms with Gasteiger partial charge in [-0.2, -0.15) is 0 Å². The molecular weight excluding hydrogens is 308 g/mol. The number of nitrogens with zero attached hydrogens (tertiary/aromatic N) is 2. The van der Waals surface area contributed by atoms with Crippen LogP contribution >= 0.6 is 0 Å². The van der Waals surface area contributed by atoms with E-state index in [0.29, 0.717) is 11.5 Å². The molecule has 0 spiro atoms. The Labute approximate surface area is 144 Å². The van der Waals surface area contributed by atoms with Crippen molar-refractivity contribution >= 4 is 5.97 Å². The van der Waals surface area contributed by atoms with Crippen LogP contribution in [0.3, 0.4) is 0 Å². The molecule has 1 saturated heterocycles. The number of likely N-dealkylation sites (N-methyl/N-ethyl adjacent to an activating group) is 1. The van der Waals surface area contributed by atoms with Gasteiger partial charge in [0.1, 0.15) is 6.04 Å². The Bertz CT molecular complexity index is 554. The molecule has 6 nitrogen and oxygen atoms in total. The van der Waals surface area contributed by atoms with Crippen LogP contribution in [0.1, 0.15) is 32.4 Å². The number of carbonyl (C=O) groups is 1. The molecule has 1 N–H and O–H groups in total. The lowest BCUT2D eigenvalue weighted by atomic mass is 10.0. The highest BCUT2D eigenvalue weighted by molar-refractivity contribution is 5.76. The van der Waals surface area contributed by atoms with E-state index in [0.717, 1.165) is 38.3 Å². The first kappa shape index (κ1) is 18.5. The lowest BCUT2D eigenvalue weighted by Crippen LogP contribution is -2.49. The van der Waals surface area contributed by atoms with Crippen molar-refractivity contribution in [1.29, 1.82) is 0 Å². The number of ether oxygens (including phenoxy) is 2. The molecule has 1 aliphatic rings. The molecule has 1 heterocycles. The van der Waals surface area contributed by atoms with Crippen LogP contribution in [0.25, 0.3) is 0 Å². The van der Waals surface area contributed by atoms with E-state index in [-0.39, 0.29) is 6.10 Å². The predicted molar refractivity (Wildman–Crippen MR) is 92.8 cm³/mol. The first-order valence-electron chi connectivity index (χ1n) is 8.50. The molecule has 1 atom stereocenters. The maximum absolute atomic E-state index is 11.9. The van der Waals surface area contributed by atoms with Crippen LogP contribution in [0.5, 0.6) is 11.5 Å². The van der Waals surface area contributed by atoms with Gasteiger partial charge in [-0.1, -0.05) is 13.0 Å². The molecule has 0 saturated carbocycles. The fourth-order valence-electron chi connectivity index (χ4n) is 3.06. The Balaban J connectivity index is 2.26. The van der Waals surface area contributed by atoms with Crippen molar-refractivity contribution in [2.24, 2.45) is 0 Å². The Morgan fingerprint density at radius 2 is 1.88 bits per heavy atom. The van der Waals surface area contributed by atoms with E-state index in [2.05, 4.69) is 11.8 Å². The highest BCUT2D eigenvalue weighted by Gasteiger charge is 2.30. The van der Waals surface area contributed by atoms with Crippen LogP contribution < -0.4 is 9.47 Å². The smallest absolute Gasteiger partial charge is 0.325 e. The molecule has 0 bridgehead atoms. The molecule has 1 fully saturated rings. The van der Waals surface area contributed by atoms with Crippen LogP contribution in [0.2, 0.25) is 0 Å². The summed E-state index contributed by atoms with van der Waals surface area (Å²) in [7, 11) is 1.58. The maximum Gasteiger partial charge on any atom is 0.325 e. The van der Waals surface area contributed by atoms with Gasteiger partial charge < -0.3 is 19.5 Å². The number of carboxylic acid groups (broad SMARTS) is 1. The van der Waals surface area contributed by atoms with E-state index in [4.69, 9.17) is 9.47 Å². The fourth-order valence-corrected chi connectivity index (χ4v) is 3.06. The molecule has 6 heteroatoms. The summed E-state index contributed by atoms with van der Waals surface area (Å²) in [6.45, 7) is 10.3. The number of carboxylic acids is 1. The average molecular weight is 336 g/mol. The summed E-state index contributed by atoms with van der Waals surface area (Å²) in [6, 6.07) is 4.73. The summed E-state index contributed by atoms with van der Waals surface area (Å²) in [5.41, 5.74) is 0.726.